The Kier molecular flexibility index (Phi) is 24.2. The molecule has 1 rings (SSSR count). The maximum atomic E-state index is 12.5. The first-order chi connectivity index (χ1) is 20.9. The number of ether oxygens (including phenoxy) is 3. The number of nitrogens with zero attached hydrogens (tertiary/aromatic N) is 4. The van der Waals surface area contributed by atoms with Gasteiger partial charge in [0.05, 0.1) is 6.61 Å². The van der Waals surface area contributed by atoms with Crippen LogP contribution in [0.3, 0.4) is 0 Å². The molecule has 0 fully saturated rings. The molecule has 0 saturated carbocycles. The number of carbonyl (C=O) groups is 1. The van der Waals surface area contributed by atoms with Crippen molar-refractivity contribution in [2.45, 2.75) is 161 Å². The number of methoxy groups -OCH3 is 1. The summed E-state index contributed by atoms with van der Waals surface area (Å²) in [5, 5.41) is 7.60. The van der Waals surface area contributed by atoms with Gasteiger partial charge in [0.2, 0.25) is 5.95 Å². The fourth-order valence-corrected chi connectivity index (χ4v) is 5.21. The number of aromatic nitrogens is 3. The predicted molar refractivity (Wildman–Crippen MR) is 177 cm³/mol. The van der Waals surface area contributed by atoms with E-state index in [4.69, 9.17) is 19.9 Å². The van der Waals surface area contributed by atoms with Crippen molar-refractivity contribution in [3.8, 4) is 0 Å². The second-order valence-corrected chi connectivity index (χ2v) is 12.6. The lowest BCUT2D eigenvalue weighted by atomic mass is 10.0. The van der Waals surface area contributed by atoms with Gasteiger partial charge in [0.15, 0.2) is 0 Å². The van der Waals surface area contributed by atoms with Gasteiger partial charge in [-0.2, -0.15) is 0 Å². The molecule has 1 heterocycles. The van der Waals surface area contributed by atoms with E-state index in [9.17, 15) is 4.79 Å². The molecule has 0 radical (unpaired) electrons. The number of hydrogen-bond donors (Lipinski definition) is 1. The molecular formula is C34H67N5O4. The molecule has 0 aliphatic carbocycles. The first-order valence-electron chi connectivity index (χ1n) is 17.6. The number of unbranched alkanes of at least 4 members (excludes halogenated alkanes) is 19. The third kappa shape index (κ3) is 21.5. The van der Waals surface area contributed by atoms with Gasteiger partial charge in [-0.25, -0.2) is 4.79 Å². The lowest BCUT2D eigenvalue weighted by molar-refractivity contribution is -0.0956. The fourth-order valence-electron chi connectivity index (χ4n) is 5.21. The van der Waals surface area contributed by atoms with Crippen LogP contribution in [0.1, 0.15) is 149 Å². The summed E-state index contributed by atoms with van der Waals surface area (Å²) >= 11 is 0. The Balaban J connectivity index is 1.94. The minimum atomic E-state index is -0.649. The predicted octanol–water partition coefficient (Wildman–Crippen LogP) is 8.56. The third-order valence-corrected chi connectivity index (χ3v) is 8.39. The summed E-state index contributed by atoms with van der Waals surface area (Å²) < 4.78 is 18.9. The normalized spacial score (nSPS) is 12.8. The first kappa shape index (κ1) is 39.2. The molecule has 1 unspecified atom stereocenters. The third-order valence-electron chi connectivity index (χ3n) is 8.39. The molecule has 1 aromatic rings. The van der Waals surface area contributed by atoms with Gasteiger partial charge in [-0.3, -0.25) is 0 Å². The largest absolute Gasteiger partial charge is 0.446 e. The smallest absolute Gasteiger partial charge is 0.409 e. The van der Waals surface area contributed by atoms with Crippen LogP contribution in [0.4, 0.5) is 10.7 Å². The second kappa shape index (κ2) is 26.5. The summed E-state index contributed by atoms with van der Waals surface area (Å²) in [5.41, 5.74) is 5.08. The standard InChI is InChI=1S/C34H67N5O4/c1-5-6-7-8-9-10-11-12-13-14-15-16-17-18-20-23-26-38(3)33(40)43-30-34(2,41-4)29-42-28-25-22-19-21-24-27-39-31-36-37-32(39)35/h31H,5-30H2,1-4H3,(H2,35,37). The average molecular weight is 610 g/mol. The molecule has 1 aromatic heterocycles. The molecular weight excluding hydrogens is 542 g/mol. The van der Waals surface area contributed by atoms with E-state index in [-0.39, 0.29) is 12.7 Å². The number of nitrogen functional groups attached to an aromatic ring is 1. The molecule has 1 atom stereocenters. The molecule has 0 spiro atoms. The summed E-state index contributed by atoms with van der Waals surface area (Å²) in [4.78, 5) is 14.2. The van der Waals surface area contributed by atoms with Crippen LogP contribution in [0.5, 0.6) is 0 Å². The van der Waals surface area contributed by atoms with Crippen molar-refractivity contribution < 1.29 is 19.0 Å². The molecule has 0 saturated heterocycles. The fraction of sp³-hybridized carbons (Fsp3) is 0.912. The summed E-state index contributed by atoms with van der Waals surface area (Å²) in [6, 6.07) is 0. The average Bonchev–Trinajstić information content (AvgIpc) is 3.42. The van der Waals surface area contributed by atoms with Crippen molar-refractivity contribution in [1.29, 1.82) is 0 Å². The summed E-state index contributed by atoms with van der Waals surface area (Å²) in [5.74, 6) is 0.474. The van der Waals surface area contributed by atoms with E-state index in [0.29, 0.717) is 19.2 Å². The molecule has 0 bridgehead atoms. The number of rotatable bonds is 30. The molecule has 43 heavy (non-hydrogen) atoms. The summed E-state index contributed by atoms with van der Waals surface area (Å²) in [6.45, 7) is 7.03. The maximum Gasteiger partial charge on any atom is 0.409 e. The van der Waals surface area contributed by atoms with E-state index in [1.54, 1.807) is 18.3 Å². The lowest BCUT2D eigenvalue weighted by Gasteiger charge is -2.28. The lowest BCUT2D eigenvalue weighted by Crippen LogP contribution is -2.41. The van der Waals surface area contributed by atoms with Crippen LogP contribution in [0.15, 0.2) is 6.33 Å². The van der Waals surface area contributed by atoms with Crippen molar-refractivity contribution in [2.24, 2.45) is 0 Å². The second-order valence-electron chi connectivity index (χ2n) is 12.6. The summed E-state index contributed by atoms with van der Waals surface area (Å²) in [7, 11) is 3.45. The monoisotopic (exact) mass is 610 g/mol. The highest BCUT2D eigenvalue weighted by Crippen LogP contribution is 2.15. The molecule has 2 N–H and O–H groups in total. The number of hydrogen-bond acceptors (Lipinski definition) is 7. The minimum Gasteiger partial charge on any atom is -0.446 e. The Hall–Kier alpha value is -1.87. The summed E-state index contributed by atoms with van der Waals surface area (Å²) in [6.07, 6.45) is 28.4. The van der Waals surface area contributed by atoms with Gasteiger partial charge in [-0.1, -0.05) is 122 Å². The van der Waals surface area contributed by atoms with E-state index in [1.165, 1.54) is 89.9 Å². The Morgan fingerprint density at radius 2 is 1.33 bits per heavy atom. The molecule has 0 aromatic carbocycles. The van der Waals surface area contributed by atoms with Gasteiger partial charge >= 0.3 is 6.09 Å². The zero-order valence-corrected chi connectivity index (χ0v) is 28.5. The van der Waals surface area contributed by atoms with Gasteiger partial charge in [-0.05, 0) is 26.2 Å². The van der Waals surface area contributed by atoms with Gasteiger partial charge in [0.1, 0.15) is 18.5 Å². The highest BCUT2D eigenvalue weighted by atomic mass is 16.6. The van der Waals surface area contributed by atoms with Crippen molar-refractivity contribution >= 4 is 12.0 Å². The molecule has 1 amide bonds. The zero-order valence-electron chi connectivity index (χ0n) is 28.5. The number of carbonyl (C=O) groups excluding carboxylic acids is 1. The number of anilines is 1. The molecule has 0 aliphatic heterocycles. The van der Waals surface area contributed by atoms with Gasteiger partial charge < -0.3 is 29.4 Å². The van der Waals surface area contributed by atoms with E-state index in [1.807, 2.05) is 18.5 Å². The molecule has 9 heteroatoms. The van der Waals surface area contributed by atoms with E-state index < -0.39 is 5.60 Å². The Morgan fingerprint density at radius 3 is 1.84 bits per heavy atom. The van der Waals surface area contributed by atoms with Crippen LogP contribution >= 0.6 is 0 Å². The highest BCUT2D eigenvalue weighted by molar-refractivity contribution is 5.67. The van der Waals surface area contributed by atoms with Crippen LogP contribution < -0.4 is 5.73 Å². The zero-order chi connectivity index (χ0) is 31.4. The van der Waals surface area contributed by atoms with Crippen molar-refractivity contribution in [3.05, 3.63) is 6.33 Å². The number of nitrogens with two attached hydrogens (primary N) is 1. The van der Waals surface area contributed by atoms with E-state index in [0.717, 1.165) is 58.0 Å². The number of aryl methyl sites for hydroxylation is 1. The van der Waals surface area contributed by atoms with Crippen LogP contribution in [0.2, 0.25) is 0 Å². The van der Waals surface area contributed by atoms with Gasteiger partial charge in [-0.15, -0.1) is 10.2 Å². The first-order valence-corrected chi connectivity index (χ1v) is 17.6. The number of amides is 1. The maximum absolute atomic E-state index is 12.5. The van der Waals surface area contributed by atoms with Crippen molar-refractivity contribution in [3.63, 3.8) is 0 Å². The topological polar surface area (TPSA) is 105 Å². The minimum absolute atomic E-state index is 0.178. The van der Waals surface area contributed by atoms with Crippen molar-refractivity contribution in [1.82, 2.24) is 19.7 Å². The Morgan fingerprint density at radius 1 is 0.814 bits per heavy atom. The SMILES string of the molecule is CCCCCCCCCCCCCCCCCCN(C)C(=O)OCC(C)(COCCCCCCCn1cnnc1N)OC. The highest BCUT2D eigenvalue weighted by Gasteiger charge is 2.27. The van der Waals surface area contributed by atoms with Crippen LogP contribution in [-0.2, 0) is 20.8 Å². The molecule has 9 nitrogen and oxygen atoms in total. The Labute approximate surface area is 264 Å². The van der Waals surface area contributed by atoms with Crippen LogP contribution in [-0.4, -0.2) is 71.9 Å². The van der Waals surface area contributed by atoms with E-state index in [2.05, 4.69) is 17.1 Å². The molecule has 0 aliphatic rings. The quantitative estimate of drug-likeness (QED) is 0.0871. The Bertz CT molecular complexity index is 778. The van der Waals surface area contributed by atoms with Gasteiger partial charge in [0, 0.05) is 33.9 Å². The van der Waals surface area contributed by atoms with Gasteiger partial charge in [0.25, 0.3) is 0 Å². The van der Waals surface area contributed by atoms with Crippen molar-refractivity contribution in [2.75, 3.05) is 46.3 Å². The van der Waals surface area contributed by atoms with E-state index >= 15 is 0 Å². The van der Waals surface area contributed by atoms with Crippen LogP contribution in [0.25, 0.3) is 0 Å². The molecule has 252 valence electrons. The van der Waals surface area contributed by atoms with Crippen LogP contribution in [0, 0.1) is 0 Å².